The third kappa shape index (κ3) is 4.33. The van der Waals surface area contributed by atoms with Gasteiger partial charge in [0.05, 0.1) is 6.20 Å². The highest BCUT2D eigenvalue weighted by molar-refractivity contribution is 5.05. The Hall–Kier alpha value is -0.960. The minimum absolute atomic E-state index is 0.125. The molecule has 0 atom stereocenters. The summed E-state index contributed by atoms with van der Waals surface area (Å²) in [6.45, 7) is 7.21. The highest BCUT2D eigenvalue weighted by Gasteiger charge is 2.07. The predicted molar refractivity (Wildman–Crippen MR) is 55.7 cm³/mol. The lowest BCUT2D eigenvalue weighted by Gasteiger charge is -2.20. The fourth-order valence-corrected chi connectivity index (χ4v) is 1.12. The van der Waals surface area contributed by atoms with Gasteiger partial charge < -0.3 is 5.32 Å². The first-order valence-electron chi connectivity index (χ1n) is 4.83. The highest BCUT2D eigenvalue weighted by atomic mass is 19.1. The molecule has 1 aromatic rings. The lowest BCUT2D eigenvalue weighted by atomic mass is 10.1. The number of nitrogens with zero attached hydrogens (tertiary/aromatic N) is 1. The Balaban J connectivity index is 2.35. The molecule has 0 fully saturated rings. The number of halogens is 1. The van der Waals surface area contributed by atoms with E-state index in [0.29, 0.717) is 0 Å². The standard InChI is InChI=1S/C11H17FN2/c1-11(2,3)14-7-6-10-5-4-9(12)8-13-10/h4-5,8,14H,6-7H2,1-3H3. The lowest BCUT2D eigenvalue weighted by Crippen LogP contribution is -2.37. The van der Waals surface area contributed by atoms with Gasteiger partial charge in [0.25, 0.3) is 0 Å². The van der Waals surface area contributed by atoms with Crippen LogP contribution in [0.3, 0.4) is 0 Å². The molecular formula is C11H17FN2. The van der Waals surface area contributed by atoms with Crippen LogP contribution < -0.4 is 5.32 Å². The molecule has 0 aromatic carbocycles. The molecule has 0 aliphatic rings. The van der Waals surface area contributed by atoms with Crippen LogP contribution in [-0.4, -0.2) is 17.1 Å². The van der Waals surface area contributed by atoms with Gasteiger partial charge in [0.2, 0.25) is 0 Å². The summed E-state index contributed by atoms with van der Waals surface area (Å²) in [7, 11) is 0. The number of hydrogen-bond donors (Lipinski definition) is 1. The number of aromatic nitrogens is 1. The molecule has 78 valence electrons. The van der Waals surface area contributed by atoms with Gasteiger partial charge >= 0.3 is 0 Å². The molecule has 3 heteroatoms. The van der Waals surface area contributed by atoms with Crippen molar-refractivity contribution >= 4 is 0 Å². The van der Waals surface area contributed by atoms with Crippen LogP contribution in [0.25, 0.3) is 0 Å². The number of rotatable bonds is 3. The van der Waals surface area contributed by atoms with Gasteiger partial charge in [-0.2, -0.15) is 0 Å². The SMILES string of the molecule is CC(C)(C)NCCc1ccc(F)cn1. The molecule has 0 bridgehead atoms. The minimum Gasteiger partial charge on any atom is -0.312 e. The van der Waals surface area contributed by atoms with E-state index in [2.05, 4.69) is 31.1 Å². The Kier molecular flexibility index (Phi) is 3.58. The zero-order valence-electron chi connectivity index (χ0n) is 8.97. The van der Waals surface area contributed by atoms with Gasteiger partial charge in [0.15, 0.2) is 0 Å². The molecule has 0 unspecified atom stereocenters. The van der Waals surface area contributed by atoms with E-state index < -0.39 is 0 Å². The number of pyridine rings is 1. The summed E-state index contributed by atoms with van der Waals surface area (Å²) in [4.78, 5) is 3.98. The Labute approximate surface area is 84.6 Å². The minimum atomic E-state index is -0.280. The van der Waals surface area contributed by atoms with Crippen molar-refractivity contribution < 1.29 is 4.39 Å². The molecule has 1 aromatic heterocycles. The van der Waals surface area contributed by atoms with Crippen LogP contribution in [0.15, 0.2) is 18.3 Å². The van der Waals surface area contributed by atoms with E-state index in [1.54, 1.807) is 6.07 Å². The molecule has 0 saturated heterocycles. The zero-order valence-corrected chi connectivity index (χ0v) is 8.97. The summed E-state index contributed by atoms with van der Waals surface area (Å²) in [5.74, 6) is -0.280. The summed E-state index contributed by atoms with van der Waals surface area (Å²) < 4.78 is 12.5. The topological polar surface area (TPSA) is 24.9 Å². The van der Waals surface area contributed by atoms with Gasteiger partial charge in [-0.05, 0) is 32.9 Å². The fraction of sp³-hybridized carbons (Fsp3) is 0.545. The third-order valence-electron chi connectivity index (χ3n) is 1.83. The molecule has 0 aliphatic carbocycles. The average Bonchev–Trinajstić information content (AvgIpc) is 2.06. The van der Waals surface area contributed by atoms with Gasteiger partial charge in [-0.1, -0.05) is 0 Å². The maximum Gasteiger partial charge on any atom is 0.141 e. The largest absolute Gasteiger partial charge is 0.312 e. The first-order valence-corrected chi connectivity index (χ1v) is 4.83. The van der Waals surface area contributed by atoms with Crippen LogP contribution in [-0.2, 0) is 6.42 Å². The molecule has 14 heavy (non-hydrogen) atoms. The Bertz CT molecular complexity index is 274. The van der Waals surface area contributed by atoms with Crippen molar-refractivity contribution in [3.8, 4) is 0 Å². The maximum atomic E-state index is 12.5. The molecule has 1 rings (SSSR count). The molecule has 0 radical (unpaired) electrons. The van der Waals surface area contributed by atoms with Crippen molar-refractivity contribution in [2.75, 3.05) is 6.54 Å². The van der Waals surface area contributed by atoms with Crippen LogP contribution >= 0.6 is 0 Å². The molecule has 2 nitrogen and oxygen atoms in total. The molecule has 1 heterocycles. The van der Waals surface area contributed by atoms with E-state index >= 15 is 0 Å². The smallest absolute Gasteiger partial charge is 0.141 e. The predicted octanol–water partition coefficient (Wildman–Crippen LogP) is 2.15. The molecule has 0 amide bonds. The first-order chi connectivity index (χ1) is 6.47. The Morgan fingerprint density at radius 1 is 1.36 bits per heavy atom. The average molecular weight is 196 g/mol. The van der Waals surface area contributed by atoms with Gasteiger partial charge in [-0.3, -0.25) is 4.98 Å². The van der Waals surface area contributed by atoms with Crippen LogP contribution in [0.2, 0.25) is 0 Å². The van der Waals surface area contributed by atoms with Crippen molar-refractivity contribution in [1.29, 1.82) is 0 Å². The van der Waals surface area contributed by atoms with Gasteiger partial charge in [0, 0.05) is 24.2 Å². The molecule has 0 saturated carbocycles. The maximum absolute atomic E-state index is 12.5. The first kappa shape index (κ1) is 11.1. The van der Waals surface area contributed by atoms with E-state index in [1.807, 2.05) is 0 Å². The van der Waals surface area contributed by atoms with E-state index in [4.69, 9.17) is 0 Å². The van der Waals surface area contributed by atoms with E-state index in [9.17, 15) is 4.39 Å². The van der Waals surface area contributed by atoms with Gasteiger partial charge in [-0.15, -0.1) is 0 Å². The molecule has 0 aliphatic heterocycles. The summed E-state index contributed by atoms with van der Waals surface area (Å²) in [6.07, 6.45) is 2.09. The van der Waals surface area contributed by atoms with Gasteiger partial charge in [-0.25, -0.2) is 4.39 Å². The van der Waals surface area contributed by atoms with Crippen molar-refractivity contribution in [2.45, 2.75) is 32.7 Å². The van der Waals surface area contributed by atoms with Crippen molar-refractivity contribution in [3.05, 3.63) is 29.8 Å². The lowest BCUT2D eigenvalue weighted by molar-refractivity contribution is 0.428. The van der Waals surface area contributed by atoms with Gasteiger partial charge in [0.1, 0.15) is 5.82 Å². The van der Waals surface area contributed by atoms with Crippen molar-refractivity contribution in [1.82, 2.24) is 10.3 Å². The molecule has 1 N–H and O–H groups in total. The Morgan fingerprint density at radius 3 is 2.57 bits per heavy atom. The van der Waals surface area contributed by atoms with E-state index in [0.717, 1.165) is 18.7 Å². The quantitative estimate of drug-likeness (QED) is 0.801. The summed E-state index contributed by atoms with van der Waals surface area (Å²) in [5.41, 5.74) is 1.04. The van der Waals surface area contributed by atoms with Crippen LogP contribution in [0.5, 0.6) is 0 Å². The van der Waals surface area contributed by atoms with E-state index in [-0.39, 0.29) is 11.4 Å². The fourth-order valence-electron chi connectivity index (χ4n) is 1.12. The summed E-state index contributed by atoms with van der Waals surface area (Å²) in [5, 5.41) is 3.35. The summed E-state index contributed by atoms with van der Waals surface area (Å²) >= 11 is 0. The monoisotopic (exact) mass is 196 g/mol. The second-order valence-electron chi connectivity index (χ2n) is 4.39. The second-order valence-corrected chi connectivity index (χ2v) is 4.39. The van der Waals surface area contributed by atoms with Crippen molar-refractivity contribution in [3.63, 3.8) is 0 Å². The van der Waals surface area contributed by atoms with Crippen LogP contribution in [0.1, 0.15) is 26.5 Å². The Morgan fingerprint density at radius 2 is 2.07 bits per heavy atom. The molecule has 0 spiro atoms. The zero-order chi connectivity index (χ0) is 10.6. The molecular weight excluding hydrogens is 179 g/mol. The third-order valence-corrected chi connectivity index (χ3v) is 1.83. The second kappa shape index (κ2) is 4.51. The van der Waals surface area contributed by atoms with Crippen molar-refractivity contribution in [2.24, 2.45) is 0 Å². The highest BCUT2D eigenvalue weighted by Crippen LogP contribution is 2.01. The number of nitrogens with one attached hydrogen (secondary N) is 1. The van der Waals surface area contributed by atoms with Crippen LogP contribution in [0.4, 0.5) is 4.39 Å². The van der Waals surface area contributed by atoms with E-state index in [1.165, 1.54) is 12.3 Å². The van der Waals surface area contributed by atoms with Crippen LogP contribution in [0, 0.1) is 5.82 Å². The number of hydrogen-bond acceptors (Lipinski definition) is 2. The normalized spacial score (nSPS) is 11.7. The summed E-state index contributed by atoms with van der Waals surface area (Å²) in [6, 6.07) is 3.17.